The van der Waals surface area contributed by atoms with Gasteiger partial charge in [-0.05, 0) is 40.5 Å². The highest BCUT2D eigenvalue weighted by Crippen LogP contribution is 2.60. The zero-order valence-corrected chi connectivity index (χ0v) is 24.4. The van der Waals surface area contributed by atoms with Crippen LogP contribution in [0.1, 0.15) is 11.1 Å². The van der Waals surface area contributed by atoms with E-state index >= 15 is 8.78 Å². The lowest BCUT2D eigenvalue weighted by atomic mass is 9.92. The summed E-state index contributed by atoms with van der Waals surface area (Å²) in [5.74, 6) is -46.5. The number of aromatic nitrogens is 1. The van der Waals surface area contributed by atoms with E-state index in [4.69, 9.17) is 0 Å². The third kappa shape index (κ3) is 6.52. The van der Waals surface area contributed by atoms with Crippen molar-refractivity contribution in [3.8, 4) is 22.3 Å². The van der Waals surface area contributed by atoms with Gasteiger partial charge in [0.25, 0.3) is 0 Å². The van der Waals surface area contributed by atoms with Crippen LogP contribution in [-0.4, -0.2) is 41.0 Å². The number of benzene rings is 3. The number of anilines is 2. The Labute approximate surface area is 273 Å². The molecule has 1 N–H and O–H groups in total. The van der Waals surface area contributed by atoms with E-state index in [-0.39, 0.29) is 0 Å². The van der Waals surface area contributed by atoms with Crippen LogP contribution < -0.4 is 5.32 Å². The number of nitrogens with one attached hydrogen (secondary N) is 1. The van der Waals surface area contributed by atoms with Gasteiger partial charge in [0.1, 0.15) is 5.82 Å². The molecule has 1 aromatic heterocycles. The lowest BCUT2D eigenvalue weighted by Gasteiger charge is -2.36. The Balaban J connectivity index is 1.80. The van der Waals surface area contributed by atoms with Crippen LogP contribution in [0.3, 0.4) is 0 Å². The molecule has 1 heterocycles. The summed E-state index contributed by atoms with van der Waals surface area (Å²) in [6, 6.07) is 18.5. The minimum absolute atomic E-state index is 0.359. The molecule has 0 bridgehead atoms. The van der Waals surface area contributed by atoms with E-state index in [0.717, 1.165) is 23.3 Å². The zero-order chi connectivity index (χ0) is 38.6. The first-order valence-electron chi connectivity index (χ1n) is 13.6. The molecular formula is C31H16F18N2. The van der Waals surface area contributed by atoms with Crippen molar-refractivity contribution in [1.82, 2.24) is 4.98 Å². The van der Waals surface area contributed by atoms with Gasteiger partial charge in [-0.15, -0.1) is 0 Å². The summed E-state index contributed by atoms with van der Waals surface area (Å²) in [5, 5.41) is 1.71. The molecule has 0 atom stereocenters. The van der Waals surface area contributed by atoms with E-state index in [0.29, 0.717) is 11.1 Å². The van der Waals surface area contributed by atoms with Gasteiger partial charge < -0.3 is 5.32 Å². The lowest BCUT2D eigenvalue weighted by Crippen LogP contribution is -2.60. The zero-order valence-electron chi connectivity index (χ0n) is 24.4. The number of pyridine rings is 1. The number of hydrogen-bond donors (Lipinski definition) is 1. The molecule has 0 radical (unpaired) electrons. The number of hydrogen-bond acceptors (Lipinski definition) is 2. The second-order valence-corrected chi connectivity index (χ2v) is 10.7. The van der Waals surface area contributed by atoms with Crippen LogP contribution in [0.15, 0.2) is 91.1 Å². The Morgan fingerprint density at radius 2 is 0.784 bits per heavy atom. The standard InChI is InChI=1S/C31H16F18N2/c32-24(33,26(36,37)28(40,41)30(44,45)46)20-14-22(25(34,35)27(38,39)29(42,43)31(47,48)49)23(50-15-20)51-21-12-10-19(11-13-21)18-8-6-17(7-9-18)16-4-2-1-3-5-16/h1-15H,(H,50,51). The van der Waals surface area contributed by atoms with Crippen LogP contribution in [0.4, 0.5) is 90.5 Å². The summed E-state index contributed by atoms with van der Waals surface area (Å²) < 4.78 is 246. The average Bonchev–Trinajstić information content (AvgIpc) is 3.04. The third-order valence-corrected chi connectivity index (χ3v) is 7.35. The Hall–Kier alpha value is -4.65. The minimum Gasteiger partial charge on any atom is -0.340 e. The number of alkyl halides is 18. The summed E-state index contributed by atoms with van der Waals surface area (Å²) in [7, 11) is 0. The summed E-state index contributed by atoms with van der Waals surface area (Å²) in [6.45, 7) is 0. The molecule has 0 fully saturated rings. The Kier molecular flexibility index (Phi) is 9.62. The first-order chi connectivity index (χ1) is 23.1. The predicted octanol–water partition coefficient (Wildman–Crippen LogP) is 12.0. The fourth-order valence-corrected chi connectivity index (χ4v) is 4.44. The van der Waals surface area contributed by atoms with Gasteiger partial charge in [0.05, 0.1) is 5.56 Å². The molecule has 276 valence electrons. The van der Waals surface area contributed by atoms with Crippen LogP contribution in [0.2, 0.25) is 0 Å². The molecule has 3 aromatic carbocycles. The number of nitrogens with zero attached hydrogens (tertiary/aromatic N) is 1. The van der Waals surface area contributed by atoms with Gasteiger partial charge in [-0.2, -0.15) is 79.0 Å². The molecule has 0 unspecified atom stereocenters. The van der Waals surface area contributed by atoms with Crippen LogP contribution in [0.5, 0.6) is 0 Å². The molecule has 2 nitrogen and oxygen atoms in total. The molecule has 0 spiro atoms. The van der Waals surface area contributed by atoms with Crippen molar-refractivity contribution in [2.24, 2.45) is 0 Å². The van der Waals surface area contributed by atoms with Crippen molar-refractivity contribution in [1.29, 1.82) is 0 Å². The van der Waals surface area contributed by atoms with E-state index in [1.165, 1.54) is 12.1 Å². The highest BCUT2D eigenvalue weighted by atomic mass is 19.4. The van der Waals surface area contributed by atoms with Gasteiger partial charge in [-0.25, -0.2) is 4.98 Å². The van der Waals surface area contributed by atoms with Gasteiger partial charge in [0.2, 0.25) is 0 Å². The smallest absolute Gasteiger partial charge is 0.340 e. The van der Waals surface area contributed by atoms with Crippen LogP contribution in [0, 0.1) is 0 Å². The fraction of sp³-hybridized carbons (Fsp3) is 0.258. The topological polar surface area (TPSA) is 24.9 Å². The van der Waals surface area contributed by atoms with Crippen molar-refractivity contribution in [2.45, 2.75) is 47.9 Å². The van der Waals surface area contributed by atoms with Crippen molar-refractivity contribution in [3.63, 3.8) is 0 Å². The van der Waals surface area contributed by atoms with Crippen molar-refractivity contribution in [2.75, 3.05) is 5.32 Å². The second-order valence-electron chi connectivity index (χ2n) is 10.7. The quantitative estimate of drug-likeness (QED) is 0.163. The second kappa shape index (κ2) is 12.5. The minimum atomic E-state index is -7.68. The molecule has 51 heavy (non-hydrogen) atoms. The monoisotopic (exact) mass is 758 g/mol. The van der Waals surface area contributed by atoms with Crippen molar-refractivity contribution < 1.29 is 79.0 Å². The van der Waals surface area contributed by atoms with Gasteiger partial charge in [0, 0.05) is 17.4 Å². The Morgan fingerprint density at radius 1 is 0.412 bits per heavy atom. The SMILES string of the molecule is FC(F)(F)C(F)(F)C(F)(F)C(F)(F)c1cnc(Nc2ccc(-c3ccc(-c4ccccc4)cc3)cc2)c(C(F)(F)C(F)(F)C(F)(F)C(F)(F)F)c1. The number of rotatable bonds is 10. The molecule has 0 saturated carbocycles. The molecule has 4 rings (SSSR count). The Bertz CT molecular complexity index is 1830. The van der Waals surface area contributed by atoms with E-state index < -0.39 is 82.8 Å². The lowest BCUT2D eigenvalue weighted by molar-refractivity contribution is -0.400. The first-order valence-corrected chi connectivity index (χ1v) is 13.6. The summed E-state index contributed by atoms with van der Waals surface area (Å²) in [5.41, 5.74) is -4.33. The fourth-order valence-electron chi connectivity index (χ4n) is 4.44. The molecule has 0 aliphatic heterocycles. The summed E-state index contributed by atoms with van der Waals surface area (Å²) >= 11 is 0. The molecule has 0 amide bonds. The highest BCUT2D eigenvalue weighted by molar-refractivity contribution is 5.72. The molecule has 0 aliphatic carbocycles. The highest BCUT2D eigenvalue weighted by Gasteiger charge is 2.84. The first kappa shape index (κ1) is 39.1. The van der Waals surface area contributed by atoms with Crippen molar-refractivity contribution >= 4 is 11.5 Å². The molecular weight excluding hydrogens is 742 g/mol. The van der Waals surface area contributed by atoms with Gasteiger partial charge in [-0.1, -0.05) is 66.7 Å². The van der Waals surface area contributed by atoms with E-state index in [1.807, 2.05) is 0 Å². The van der Waals surface area contributed by atoms with Gasteiger partial charge in [-0.3, -0.25) is 0 Å². The molecule has 20 heteroatoms. The average molecular weight is 758 g/mol. The summed E-state index contributed by atoms with van der Waals surface area (Å²) in [6.07, 6.45) is -15.7. The molecule has 0 aliphatic rings. The summed E-state index contributed by atoms with van der Waals surface area (Å²) in [4.78, 5) is 2.65. The van der Waals surface area contributed by atoms with Crippen LogP contribution >= 0.6 is 0 Å². The van der Waals surface area contributed by atoms with Crippen LogP contribution in [0.25, 0.3) is 22.3 Å². The van der Waals surface area contributed by atoms with Gasteiger partial charge in [0.15, 0.2) is 0 Å². The molecule has 0 saturated heterocycles. The van der Waals surface area contributed by atoms with E-state index in [1.54, 1.807) is 59.9 Å². The molecule has 4 aromatic rings. The maximum absolute atomic E-state index is 15.1. The third-order valence-electron chi connectivity index (χ3n) is 7.35. The largest absolute Gasteiger partial charge is 0.460 e. The van der Waals surface area contributed by atoms with E-state index in [9.17, 15) is 70.2 Å². The normalized spacial score (nSPS) is 14.1. The number of halogens is 18. The maximum atomic E-state index is 15.1. The van der Waals surface area contributed by atoms with Crippen LogP contribution in [-0.2, 0) is 11.8 Å². The van der Waals surface area contributed by atoms with E-state index in [2.05, 4.69) is 4.98 Å². The Morgan fingerprint density at radius 3 is 1.20 bits per heavy atom. The maximum Gasteiger partial charge on any atom is 0.460 e. The predicted molar refractivity (Wildman–Crippen MR) is 145 cm³/mol. The van der Waals surface area contributed by atoms with Crippen molar-refractivity contribution in [3.05, 3.63) is 102 Å². The van der Waals surface area contributed by atoms with Gasteiger partial charge >= 0.3 is 47.9 Å².